The Morgan fingerprint density at radius 2 is 2.28 bits per heavy atom. The predicted molar refractivity (Wildman–Crippen MR) is 72.3 cm³/mol. The Hall–Kier alpha value is -1.80. The normalized spacial score (nSPS) is 10.1. The lowest BCUT2D eigenvalue weighted by atomic mass is 10.1. The molecule has 0 aliphatic carbocycles. The Balaban J connectivity index is 2.51. The molecule has 0 aliphatic rings. The van der Waals surface area contributed by atoms with E-state index in [1.807, 2.05) is 25.1 Å². The molecule has 0 amide bonds. The van der Waals surface area contributed by atoms with E-state index >= 15 is 0 Å². The molecule has 0 saturated carbocycles. The van der Waals surface area contributed by atoms with Crippen LogP contribution in [-0.2, 0) is 6.42 Å². The van der Waals surface area contributed by atoms with Gasteiger partial charge in [-0.15, -0.1) is 0 Å². The molecule has 92 valence electrons. The quantitative estimate of drug-likeness (QED) is 0.947. The lowest BCUT2D eigenvalue weighted by Gasteiger charge is -2.06. The minimum absolute atomic E-state index is 0.293. The highest BCUT2D eigenvalue weighted by Gasteiger charge is 2.13. The van der Waals surface area contributed by atoms with Gasteiger partial charge in [-0.25, -0.2) is 4.98 Å². The van der Waals surface area contributed by atoms with Gasteiger partial charge in [0.25, 0.3) is 0 Å². The van der Waals surface area contributed by atoms with Crippen LogP contribution in [0, 0.1) is 18.3 Å². The summed E-state index contributed by atoms with van der Waals surface area (Å²) in [7, 11) is 1.63. The van der Waals surface area contributed by atoms with Crippen LogP contribution in [0.3, 0.4) is 0 Å². The molecule has 0 radical (unpaired) electrons. The summed E-state index contributed by atoms with van der Waals surface area (Å²) in [5.41, 5.74) is 2.79. The maximum atomic E-state index is 8.73. The van der Waals surface area contributed by atoms with E-state index in [0.717, 1.165) is 22.6 Å². The van der Waals surface area contributed by atoms with Gasteiger partial charge in [0.15, 0.2) is 0 Å². The second kappa shape index (κ2) is 5.23. The average Bonchev–Trinajstić information content (AvgIpc) is 2.71. The largest absolute Gasteiger partial charge is 0.496 e. The van der Waals surface area contributed by atoms with Crippen LogP contribution in [-0.4, -0.2) is 17.1 Å². The van der Waals surface area contributed by atoms with Crippen molar-refractivity contribution in [1.29, 1.82) is 5.26 Å². The van der Waals surface area contributed by atoms with Crippen LogP contribution in [0.1, 0.15) is 11.3 Å². The first-order chi connectivity index (χ1) is 8.65. The number of ether oxygens (including phenoxy) is 1. The smallest absolute Gasteiger partial charge is 0.142 e. The third-order valence-corrected chi connectivity index (χ3v) is 3.25. The number of halogens is 1. The minimum atomic E-state index is 0.293. The Labute approximate surface area is 114 Å². The number of H-pyrrole nitrogens is 1. The number of hydrogen-bond donors (Lipinski definition) is 1. The molecule has 0 fully saturated rings. The zero-order valence-corrected chi connectivity index (χ0v) is 11.7. The zero-order valence-electron chi connectivity index (χ0n) is 10.1. The number of methoxy groups -OCH3 is 1. The molecule has 1 heterocycles. The van der Waals surface area contributed by atoms with Gasteiger partial charge in [0, 0.05) is 0 Å². The Kier molecular flexibility index (Phi) is 3.68. The first-order valence-corrected chi connectivity index (χ1v) is 6.21. The summed E-state index contributed by atoms with van der Waals surface area (Å²) >= 11 is 3.35. The molecule has 18 heavy (non-hydrogen) atoms. The van der Waals surface area contributed by atoms with Crippen LogP contribution in [0.25, 0.3) is 11.4 Å². The van der Waals surface area contributed by atoms with Crippen LogP contribution in [0.2, 0.25) is 0 Å². The summed E-state index contributed by atoms with van der Waals surface area (Å²) in [5, 5.41) is 8.73. The molecule has 0 aliphatic heterocycles. The molecule has 2 rings (SSSR count). The summed E-state index contributed by atoms with van der Waals surface area (Å²) in [5.74, 6) is 1.46. The molecule has 0 bridgehead atoms. The van der Waals surface area contributed by atoms with Gasteiger partial charge in [0.2, 0.25) is 0 Å². The molecule has 5 heteroatoms. The van der Waals surface area contributed by atoms with Crippen molar-refractivity contribution in [2.75, 3.05) is 7.11 Å². The molecule has 1 N–H and O–H groups in total. The molecule has 2 aromatic rings. The number of aryl methyl sites for hydroxylation is 1. The molecule has 0 atom stereocenters. The monoisotopic (exact) mass is 305 g/mol. The van der Waals surface area contributed by atoms with Crippen LogP contribution >= 0.6 is 15.9 Å². The molecule has 0 unspecified atom stereocenters. The van der Waals surface area contributed by atoms with Gasteiger partial charge >= 0.3 is 0 Å². The van der Waals surface area contributed by atoms with E-state index in [9.17, 15) is 0 Å². The van der Waals surface area contributed by atoms with E-state index in [1.165, 1.54) is 0 Å². The van der Waals surface area contributed by atoms with Crippen LogP contribution in [0.5, 0.6) is 5.75 Å². The van der Waals surface area contributed by atoms with Gasteiger partial charge in [0.05, 0.1) is 30.9 Å². The van der Waals surface area contributed by atoms with Gasteiger partial charge in [-0.3, -0.25) is 0 Å². The van der Waals surface area contributed by atoms with E-state index in [1.54, 1.807) is 7.11 Å². The maximum Gasteiger partial charge on any atom is 0.142 e. The highest BCUT2D eigenvalue weighted by atomic mass is 79.9. The van der Waals surface area contributed by atoms with Crippen molar-refractivity contribution >= 4 is 15.9 Å². The van der Waals surface area contributed by atoms with Crippen molar-refractivity contribution in [1.82, 2.24) is 9.97 Å². The fraction of sp³-hybridized carbons (Fsp3) is 0.231. The van der Waals surface area contributed by atoms with Gasteiger partial charge < -0.3 is 9.72 Å². The van der Waals surface area contributed by atoms with E-state index < -0.39 is 0 Å². The molecule has 0 spiro atoms. The zero-order chi connectivity index (χ0) is 13.1. The van der Waals surface area contributed by atoms with Crippen molar-refractivity contribution in [3.05, 3.63) is 34.1 Å². The minimum Gasteiger partial charge on any atom is -0.496 e. The maximum absolute atomic E-state index is 8.73. The van der Waals surface area contributed by atoms with Crippen molar-refractivity contribution in [3.8, 4) is 23.2 Å². The number of benzene rings is 1. The molecule has 1 aromatic heterocycles. The second-order valence-corrected chi connectivity index (χ2v) is 4.64. The van der Waals surface area contributed by atoms with Crippen molar-refractivity contribution in [3.63, 3.8) is 0 Å². The van der Waals surface area contributed by atoms with Crippen molar-refractivity contribution < 1.29 is 4.74 Å². The Bertz CT molecular complexity index is 613. The lowest BCUT2D eigenvalue weighted by Crippen LogP contribution is -1.90. The van der Waals surface area contributed by atoms with Gasteiger partial charge in [-0.1, -0.05) is 11.6 Å². The molecule has 0 saturated heterocycles. The van der Waals surface area contributed by atoms with Crippen LogP contribution in [0.15, 0.2) is 22.8 Å². The van der Waals surface area contributed by atoms with Crippen molar-refractivity contribution in [2.24, 2.45) is 0 Å². The third kappa shape index (κ3) is 2.39. The topological polar surface area (TPSA) is 61.7 Å². The number of hydrogen-bond acceptors (Lipinski definition) is 3. The Morgan fingerprint density at radius 3 is 2.94 bits per heavy atom. The number of nitrogens with zero attached hydrogens (tertiary/aromatic N) is 2. The Morgan fingerprint density at radius 1 is 1.50 bits per heavy atom. The fourth-order valence-corrected chi connectivity index (χ4v) is 2.14. The first-order valence-electron chi connectivity index (χ1n) is 5.42. The van der Waals surface area contributed by atoms with Crippen molar-refractivity contribution in [2.45, 2.75) is 13.3 Å². The molecular weight excluding hydrogens is 294 g/mol. The number of nitrogens with one attached hydrogen (secondary N) is 1. The van der Waals surface area contributed by atoms with E-state index in [-0.39, 0.29) is 0 Å². The highest BCUT2D eigenvalue weighted by Crippen LogP contribution is 2.30. The number of aromatic nitrogens is 2. The predicted octanol–water partition coefficient (Wildman–Crippen LogP) is 3.22. The van der Waals surface area contributed by atoms with Gasteiger partial charge in [-0.05, 0) is 35.0 Å². The summed E-state index contributed by atoms with van der Waals surface area (Å²) < 4.78 is 5.99. The molecule has 4 nitrogen and oxygen atoms in total. The van der Waals surface area contributed by atoms with E-state index in [0.29, 0.717) is 16.8 Å². The number of imidazole rings is 1. The average molecular weight is 306 g/mol. The van der Waals surface area contributed by atoms with Gasteiger partial charge in [-0.2, -0.15) is 5.26 Å². The second-order valence-electron chi connectivity index (χ2n) is 3.89. The SMILES string of the molecule is COc1ccc(C)cc1-c1nc(Br)c(CC#N)[nH]1. The number of nitriles is 1. The summed E-state index contributed by atoms with van der Waals surface area (Å²) in [6, 6.07) is 7.99. The van der Waals surface area contributed by atoms with E-state index in [4.69, 9.17) is 10.00 Å². The van der Waals surface area contributed by atoms with Crippen LogP contribution in [0.4, 0.5) is 0 Å². The third-order valence-electron chi connectivity index (χ3n) is 2.59. The number of rotatable bonds is 3. The highest BCUT2D eigenvalue weighted by molar-refractivity contribution is 9.10. The number of aromatic amines is 1. The van der Waals surface area contributed by atoms with E-state index in [2.05, 4.69) is 32.0 Å². The summed E-state index contributed by atoms with van der Waals surface area (Å²) in [6.45, 7) is 2.01. The lowest BCUT2D eigenvalue weighted by molar-refractivity contribution is 0.416. The van der Waals surface area contributed by atoms with Gasteiger partial charge in [0.1, 0.15) is 16.2 Å². The summed E-state index contributed by atoms with van der Waals surface area (Å²) in [4.78, 5) is 7.52. The standard InChI is InChI=1S/C13H12BrN3O/c1-8-3-4-11(18-2)9(7-8)13-16-10(5-6-15)12(14)17-13/h3-4,7H,5H2,1-2H3,(H,16,17). The molecule has 1 aromatic carbocycles. The summed E-state index contributed by atoms with van der Waals surface area (Å²) in [6.07, 6.45) is 0.293. The molecular formula is C13H12BrN3O. The fourth-order valence-electron chi connectivity index (χ4n) is 1.72. The first kappa shape index (κ1) is 12.7. The van der Waals surface area contributed by atoms with Crippen LogP contribution < -0.4 is 4.74 Å².